The van der Waals surface area contributed by atoms with Crippen LogP contribution in [0.3, 0.4) is 0 Å². The van der Waals surface area contributed by atoms with Crippen LogP contribution in [-0.2, 0) is 27.7 Å². The number of carboxylic acids is 1. The molecular weight excluding hydrogens is 338 g/mol. The Balaban J connectivity index is 1.71. The predicted octanol–water partition coefficient (Wildman–Crippen LogP) is 3.06. The highest BCUT2D eigenvalue weighted by atomic mass is 32.2. The van der Waals surface area contributed by atoms with E-state index in [0.717, 1.165) is 36.0 Å². The molecule has 6 heteroatoms. The molecule has 0 bridgehead atoms. The molecule has 132 valence electrons. The van der Waals surface area contributed by atoms with E-state index in [9.17, 15) is 13.2 Å². The number of nitrogens with one attached hydrogen (secondary N) is 1. The van der Waals surface area contributed by atoms with Crippen molar-refractivity contribution in [3.05, 3.63) is 65.2 Å². The lowest BCUT2D eigenvalue weighted by Gasteiger charge is -2.15. The normalized spacial score (nSPS) is 16.6. The fraction of sp³-hybridized carbons (Fsp3) is 0.316. The van der Waals surface area contributed by atoms with E-state index in [0.29, 0.717) is 6.42 Å². The van der Waals surface area contributed by atoms with Crippen LogP contribution in [0.4, 0.5) is 0 Å². The number of sulfonamides is 1. The second-order valence-corrected chi connectivity index (χ2v) is 8.02. The third-order valence-electron chi connectivity index (χ3n) is 4.49. The summed E-state index contributed by atoms with van der Waals surface area (Å²) in [5, 5.41) is 8.72. The van der Waals surface area contributed by atoms with Crippen LogP contribution < -0.4 is 4.72 Å². The van der Waals surface area contributed by atoms with Crippen molar-refractivity contribution < 1.29 is 18.3 Å². The number of hydrogen-bond donors (Lipinski definition) is 2. The first-order valence-corrected chi connectivity index (χ1v) is 9.85. The van der Waals surface area contributed by atoms with E-state index < -0.39 is 16.0 Å². The van der Waals surface area contributed by atoms with Gasteiger partial charge in [0.05, 0.1) is 4.90 Å². The molecule has 2 N–H and O–H groups in total. The van der Waals surface area contributed by atoms with Crippen LogP contribution in [0, 0.1) is 0 Å². The van der Waals surface area contributed by atoms with Crippen molar-refractivity contribution in [1.82, 2.24) is 4.72 Å². The maximum atomic E-state index is 12.5. The summed E-state index contributed by atoms with van der Waals surface area (Å²) in [7, 11) is -3.54. The largest absolute Gasteiger partial charge is 0.481 e. The minimum atomic E-state index is -3.54. The van der Waals surface area contributed by atoms with Gasteiger partial charge in [0.1, 0.15) is 0 Å². The maximum absolute atomic E-state index is 12.5. The van der Waals surface area contributed by atoms with Crippen LogP contribution >= 0.6 is 0 Å². The molecule has 25 heavy (non-hydrogen) atoms. The van der Waals surface area contributed by atoms with Crippen molar-refractivity contribution in [3.8, 4) is 0 Å². The number of aliphatic carboxylic acids is 1. The van der Waals surface area contributed by atoms with Crippen LogP contribution in [0.15, 0.2) is 53.4 Å². The molecule has 0 radical (unpaired) electrons. The number of carboxylic acid groups (broad SMARTS) is 1. The molecule has 5 nitrogen and oxygen atoms in total. The average Bonchev–Trinajstić information content (AvgIpc) is 2.97. The summed E-state index contributed by atoms with van der Waals surface area (Å²) >= 11 is 0. The van der Waals surface area contributed by atoms with Crippen LogP contribution in [0.25, 0.3) is 0 Å². The van der Waals surface area contributed by atoms with E-state index in [1.807, 2.05) is 12.1 Å². The Morgan fingerprint density at radius 2 is 1.92 bits per heavy atom. The molecule has 1 unspecified atom stereocenters. The average molecular weight is 359 g/mol. The fourth-order valence-corrected chi connectivity index (χ4v) is 4.52. The molecule has 0 fully saturated rings. The van der Waals surface area contributed by atoms with Gasteiger partial charge in [-0.05, 0) is 54.5 Å². The van der Waals surface area contributed by atoms with E-state index in [-0.39, 0.29) is 17.4 Å². The summed E-state index contributed by atoms with van der Waals surface area (Å²) in [6.07, 6.45) is 3.05. The van der Waals surface area contributed by atoms with Crippen molar-refractivity contribution in [2.75, 3.05) is 0 Å². The van der Waals surface area contributed by atoms with E-state index >= 15 is 0 Å². The lowest BCUT2D eigenvalue weighted by Crippen LogP contribution is -2.27. The van der Waals surface area contributed by atoms with E-state index in [4.69, 9.17) is 5.11 Å². The highest BCUT2D eigenvalue weighted by Crippen LogP contribution is 2.33. The maximum Gasteiger partial charge on any atom is 0.303 e. The molecule has 1 aliphatic rings. The second kappa shape index (κ2) is 7.37. The molecule has 0 spiro atoms. The number of rotatable bonds is 7. The van der Waals surface area contributed by atoms with Gasteiger partial charge < -0.3 is 5.11 Å². The molecule has 0 heterocycles. The number of aryl methyl sites for hydroxylation is 2. The SMILES string of the molecule is O=C(O)CCCc1ccc2c(c1)CCC2NS(=O)(=O)c1ccccc1. The standard InChI is InChI=1S/C19H21NO4S/c21-19(22)8-4-5-14-9-11-17-15(13-14)10-12-18(17)20-25(23,24)16-6-2-1-3-7-16/h1-3,6-7,9,11,13,18,20H,4-5,8,10,12H2,(H,21,22). The number of carbonyl (C=O) groups is 1. The second-order valence-electron chi connectivity index (χ2n) is 6.31. The van der Waals surface area contributed by atoms with Crippen molar-refractivity contribution in [2.45, 2.75) is 43.0 Å². The molecule has 0 saturated heterocycles. The Bertz CT molecular complexity index is 862. The van der Waals surface area contributed by atoms with Gasteiger partial charge in [0, 0.05) is 12.5 Å². The van der Waals surface area contributed by atoms with E-state index in [2.05, 4.69) is 10.8 Å². The van der Waals surface area contributed by atoms with Crippen molar-refractivity contribution >= 4 is 16.0 Å². The molecular formula is C19H21NO4S. The smallest absolute Gasteiger partial charge is 0.303 e. The summed E-state index contributed by atoms with van der Waals surface area (Å²) < 4.78 is 27.8. The first-order valence-electron chi connectivity index (χ1n) is 8.36. The van der Waals surface area contributed by atoms with Crippen molar-refractivity contribution in [2.24, 2.45) is 0 Å². The summed E-state index contributed by atoms with van der Waals surface area (Å²) in [5.41, 5.74) is 3.27. The van der Waals surface area contributed by atoms with Gasteiger partial charge in [0.25, 0.3) is 0 Å². The molecule has 1 aliphatic carbocycles. The minimum absolute atomic E-state index is 0.163. The van der Waals surface area contributed by atoms with Crippen LogP contribution in [-0.4, -0.2) is 19.5 Å². The van der Waals surface area contributed by atoms with Gasteiger partial charge in [-0.15, -0.1) is 0 Å². The summed E-state index contributed by atoms with van der Waals surface area (Å²) in [4.78, 5) is 10.9. The minimum Gasteiger partial charge on any atom is -0.481 e. The molecule has 1 atom stereocenters. The van der Waals surface area contributed by atoms with Gasteiger partial charge in [-0.3, -0.25) is 4.79 Å². The van der Waals surface area contributed by atoms with Crippen molar-refractivity contribution in [3.63, 3.8) is 0 Å². The van der Waals surface area contributed by atoms with E-state index in [1.54, 1.807) is 30.3 Å². The third kappa shape index (κ3) is 4.27. The monoisotopic (exact) mass is 359 g/mol. The lowest BCUT2D eigenvalue weighted by molar-refractivity contribution is -0.137. The first kappa shape index (κ1) is 17.6. The summed E-state index contributed by atoms with van der Waals surface area (Å²) in [5.74, 6) is -0.781. The number of fused-ring (bicyclic) bond motifs is 1. The summed E-state index contributed by atoms with van der Waals surface area (Å²) in [6.45, 7) is 0. The van der Waals surface area contributed by atoms with Gasteiger partial charge in [0.15, 0.2) is 0 Å². The fourth-order valence-electron chi connectivity index (χ4n) is 3.25. The topological polar surface area (TPSA) is 83.5 Å². The molecule has 0 amide bonds. The Labute approximate surface area is 147 Å². The highest BCUT2D eigenvalue weighted by molar-refractivity contribution is 7.89. The predicted molar refractivity (Wildman–Crippen MR) is 94.8 cm³/mol. The third-order valence-corrected chi connectivity index (χ3v) is 5.98. The molecule has 0 aromatic heterocycles. The quantitative estimate of drug-likeness (QED) is 0.796. The van der Waals surface area contributed by atoms with Gasteiger partial charge >= 0.3 is 5.97 Å². The highest BCUT2D eigenvalue weighted by Gasteiger charge is 2.27. The lowest BCUT2D eigenvalue weighted by atomic mass is 10.0. The zero-order valence-electron chi connectivity index (χ0n) is 13.8. The van der Waals surface area contributed by atoms with Gasteiger partial charge in [-0.1, -0.05) is 36.4 Å². The first-order chi connectivity index (χ1) is 12.0. The Hall–Kier alpha value is -2.18. The Morgan fingerprint density at radius 3 is 2.64 bits per heavy atom. The van der Waals surface area contributed by atoms with Crippen LogP contribution in [0.1, 0.15) is 42.0 Å². The molecule has 3 rings (SSSR count). The van der Waals surface area contributed by atoms with Crippen LogP contribution in [0.2, 0.25) is 0 Å². The van der Waals surface area contributed by atoms with Crippen molar-refractivity contribution in [1.29, 1.82) is 0 Å². The van der Waals surface area contributed by atoms with Crippen LogP contribution in [0.5, 0.6) is 0 Å². The van der Waals surface area contributed by atoms with E-state index in [1.165, 1.54) is 0 Å². The molecule has 2 aromatic carbocycles. The Morgan fingerprint density at radius 1 is 1.16 bits per heavy atom. The van der Waals surface area contributed by atoms with Gasteiger partial charge in [0.2, 0.25) is 10.0 Å². The van der Waals surface area contributed by atoms with Gasteiger partial charge in [-0.25, -0.2) is 13.1 Å². The Kier molecular flexibility index (Phi) is 5.20. The zero-order valence-corrected chi connectivity index (χ0v) is 14.6. The number of benzene rings is 2. The number of hydrogen-bond acceptors (Lipinski definition) is 3. The molecule has 2 aromatic rings. The molecule has 0 aliphatic heterocycles. The zero-order chi connectivity index (χ0) is 17.9. The van der Waals surface area contributed by atoms with Gasteiger partial charge in [-0.2, -0.15) is 0 Å². The summed E-state index contributed by atoms with van der Waals surface area (Å²) in [6, 6.07) is 14.2. The molecule has 0 saturated carbocycles.